The average Bonchev–Trinajstić information content (AvgIpc) is 3.27. The summed E-state index contributed by atoms with van der Waals surface area (Å²) in [7, 11) is 2.06. The molecule has 1 amide bonds. The number of hydrazine groups is 1. The van der Waals surface area contributed by atoms with Crippen molar-refractivity contribution in [2.75, 3.05) is 19.0 Å². The Bertz CT molecular complexity index is 490. The fraction of sp³-hybridized carbons (Fsp3) is 0.500. The van der Waals surface area contributed by atoms with Crippen molar-refractivity contribution in [2.45, 2.75) is 31.8 Å². The molecule has 110 valence electrons. The molecule has 1 unspecified atom stereocenters. The second-order valence-electron chi connectivity index (χ2n) is 5.26. The number of carbonyl (C=O) groups excluding carboxylic acids is 1. The summed E-state index contributed by atoms with van der Waals surface area (Å²) in [5.74, 6) is 4.40. The molecule has 20 heavy (non-hydrogen) atoms. The second-order valence-corrected chi connectivity index (χ2v) is 5.26. The quantitative estimate of drug-likeness (QED) is 0.543. The van der Waals surface area contributed by atoms with E-state index in [1.165, 1.54) is 25.0 Å². The smallest absolute Gasteiger partial charge is 0.253 e. The van der Waals surface area contributed by atoms with Crippen molar-refractivity contribution in [2.24, 2.45) is 5.84 Å². The van der Waals surface area contributed by atoms with Crippen LogP contribution < -0.4 is 16.6 Å². The van der Waals surface area contributed by atoms with Gasteiger partial charge in [0.05, 0.1) is 11.3 Å². The maximum absolute atomic E-state index is 13.5. The van der Waals surface area contributed by atoms with E-state index in [4.69, 9.17) is 5.84 Å². The number of halogens is 1. The molecule has 6 heteroatoms. The van der Waals surface area contributed by atoms with Gasteiger partial charge in [0.2, 0.25) is 0 Å². The molecule has 0 aromatic heterocycles. The van der Waals surface area contributed by atoms with Gasteiger partial charge >= 0.3 is 0 Å². The molecule has 1 aromatic carbocycles. The summed E-state index contributed by atoms with van der Waals surface area (Å²) in [6.45, 7) is 2.58. The SMILES string of the molecule is CC(CNC(=O)c1cccc(F)c1NN)N(C)C1CC1. The molecule has 0 radical (unpaired) electrons. The lowest BCUT2D eigenvalue weighted by Crippen LogP contribution is -2.41. The van der Waals surface area contributed by atoms with Gasteiger partial charge in [-0.2, -0.15) is 0 Å². The summed E-state index contributed by atoms with van der Waals surface area (Å²) in [5, 5.41) is 2.82. The number of para-hydroxylation sites is 1. The Labute approximate surface area is 118 Å². The van der Waals surface area contributed by atoms with Gasteiger partial charge in [-0.1, -0.05) is 6.07 Å². The van der Waals surface area contributed by atoms with E-state index in [-0.39, 0.29) is 23.2 Å². The third-order valence-electron chi connectivity index (χ3n) is 3.78. The van der Waals surface area contributed by atoms with Crippen LogP contribution in [0.1, 0.15) is 30.1 Å². The monoisotopic (exact) mass is 280 g/mol. The van der Waals surface area contributed by atoms with Crippen molar-refractivity contribution in [3.63, 3.8) is 0 Å². The summed E-state index contributed by atoms with van der Waals surface area (Å²) in [5.41, 5.74) is 2.48. The van der Waals surface area contributed by atoms with Crippen LogP contribution in [0, 0.1) is 5.82 Å². The highest BCUT2D eigenvalue weighted by Gasteiger charge is 2.29. The molecular formula is C14H21FN4O. The fourth-order valence-corrected chi connectivity index (χ4v) is 2.18. The Hall–Kier alpha value is -1.66. The van der Waals surface area contributed by atoms with Crippen LogP contribution in [0.2, 0.25) is 0 Å². The lowest BCUT2D eigenvalue weighted by molar-refractivity contribution is 0.0940. The van der Waals surface area contributed by atoms with Crippen LogP contribution in [-0.4, -0.2) is 36.5 Å². The van der Waals surface area contributed by atoms with E-state index < -0.39 is 5.82 Å². The zero-order chi connectivity index (χ0) is 14.7. The molecule has 1 fully saturated rings. The van der Waals surface area contributed by atoms with E-state index in [9.17, 15) is 9.18 Å². The standard InChI is InChI=1S/C14H21FN4O/c1-9(19(2)10-6-7-10)8-17-14(20)11-4-3-5-12(15)13(11)18-16/h3-5,9-10,18H,6-8,16H2,1-2H3,(H,17,20). The molecule has 5 nitrogen and oxygen atoms in total. The van der Waals surface area contributed by atoms with Crippen molar-refractivity contribution in [1.29, 1.82) is 0 Å². The fourth-order valence-electron chi connectivity index (χ4n) is 2.18. The number of rotatable bonds is 6. The number of nitrogen functional groups attached to an aromatic ring is 1. The Morgan fingerprint density at radius 3 is 2.85 bits per heavy atom. The number of nitrogens with zero attached hydrogens (tertiary/aromatic N) is 1. The molecule has 1 aromatic rings. The van der Waals surface area contributed by atoms with Crippen LogP contribution in [0.15, 0.2) is 18.2 Å². The Kier molecular flexibility index (Phi) is 4.57. The molecule has 0 heterocycles. The molecule has 0 spiro atoms. The zero-order valence-corrected chi connectivity index (χ0v) is 11.8. The number of hydrogen-bond donors (Lipinski definition) is 3. The van der Waals surface area contributed by atoms with E-state index in [0.29, 0.717) is 12.6 Å². The zero-order valence-electron chi connectivity index (χ0n) is 11.8. The number of amides is 1. The number of benzene rings is 1. The lowest BCUT2D eigenvalue weighted by atomic mass is 10.1. The highest BCUT2D eigenvalue weighted by molar-refractivity contribution is 5.99. The molecule has 0 saturated heterocycles. The van der Waals surface area contributed by atoms with E-state index in [0.717, 1.165) is 0 Å². The maximum Gasteiger partial charge on any atom is 0.253 e. The van der Waals surface area contributed by atoms with Crippen LogP contribution in [0.4, 0.5) is 10.1 Å². The van der Waals surface area contributed by atoms with Gasteiger partial charge in [-0.15, -0.1) is 0 Å². The summed E-state index contributed by atoms with van der Waals surface area (Å²) in [6, 6.07) is 5.18. The number of anilines is 1. The summed E-state index contributed by atoms with van der Waals surface area (Å²) >= 11 is 0. The Morgan fingerprint density at radius 1 is 1.55 bits per heavy atom. The molecule has 1 atom stereocenters. The Balaban J connectivity index is 1.96. The third kappa shape index (κ3) is 3.26. The molecule has 4 N–H and O–H groups in total. The first-order valence-electron chi connectivity index (χ1n) is 6.80. The molecular weight excluding hydrogens is 259 g/mol. The predicted octanol–water partition coefficient (Wildman–Crippen LogP) is 1.32. The number of hydrogen-bond acceptors (Lipinski definition) is 4. The van der Waals surface area contributed by atoms with Crippen molar-refractivity contribution in [3.8, 4) is 0 Å². The minimum Gasteiger partial charge on any atom is -0.350 e. The van der Waals surface area contributed by atoms with Gasteiger partial charge < -0.3 is 10.7 Å². The first-order chi connectivity index (χ1) is 9.54. The average molecular weight is 280 g/mol. The van der Waals surface area contributed by atoms with Crippen molar-refractivity contribution in [3.05, 3.63) is 29.6 Å². The van der Waals surface area contributed by atoms with E-state index in [1.807, 2.05) is 0 Å². The van der Waals surface area contributed by atoms with Gasteiger partial charge in [0.15, 0.2) is 0 Å². The van der Waals surface area contributed by atoms with Crippen LogP contribution in [0.25, 0.3) is 0 Å². The molecule has 1 aliphatic carbocycles. The number of likely N-dealkylation sites (N-methyl/N-ethyl adjacent to an activating group) is 1. The van der Waals surface area contributed by atoms with Crippen molar-refractivity contribution >= 4 is 11.6 Å². The highest BCUT2D eigenvalue weighted by atomic mass is 19.1. The minimum absolute atomic E-state index is 0.0215. The maximum atomic E-state index is 13.5. The summed E-state index contributed by atoms with van der Waals surface area (Å²) in [4.78, 5) is 14.4. The van der Waals surface area contributed by atoms with Crippen LogP contribution in [0.5, 0.6) is 0 Å². The van der Waals surface area contributed by atoms with Crippen LogP contribution >= 0.6 is 0 Å². The van der Waals surface area contributed by atoms with E-state index in [2.05, 4.69) is 29.6 Å². The van der Waals surface area contributed by atoms with Gasteiger partial charge in [0, 0.05) is 18.6 Å². The predicted molar refractivity (Wildman–Crippen MR) is 76.8 cm³/mol. The second kappa shape index (κ2) is 6.19. The minimum atomic E-state index is -0.539. The van der Waals surface area contributed by atoms with Crippen molar-refractivity contribution < 1.29 is 9.18 Å². The van der Waals surface area contributed by atoms with Gasteiger partial charge in [-0.05, 0) is 38.9 Å². The molecule has 0 aliphatic heterocycles. The third-order valence-corrected chi connectivity index (χ3v) is 3.78. The first kappa shape index (κ1) is 14.7. The van der Waals surface area contributed by atoms with Gasteiger partial charge in [0.25, 0.3) is 5.91 Å². The largest absolute Gasteiger partial charge is 0.350 e. The first-order valence-corrected chi connectivity index (χ1v) is 6.80. The highest BCUT2D eigenvalue weighted by Crippen LogP contribution is 2.26. The summed E-state index contributed by atoms with van der Waals surface area (Å²) in [6.07, 6.45) is 2.44. The normalized spacial score (nSPS) is 16.1. The van der Waals surface area contributed by atoms with E-state index in [1.54, 1.807) is 6.07 Å². The summed E-state index contributed by atoms with van der Waals surface area (Å²) < 4.78 is 13.5. The molecule has 1 saturated carbocycles. The topological polar surface area (TPSA) is 70.4 Å². The van der Waals surface area contributed by atoms with Gasteiger partial charge in [-0.3, -0.25) is 15.5 Å². The molecule has 2 rings (SSSR count). The Morgan fingerprint density at radius 2 is 2.25 bits per heavy atom. The molecule has 0 bridgehead atoms. The van der Waals surface area contributed by atoms with E-state index >= 15 is 0 Å². The number of nitrogens with one attached hydrogen (secondary N) is 2. The molecule has 1 aliphatic rings. The van der Waals surface area contributed by atoms with Gasteiger partial charge in [-0.25, -0.2) is 4.39 Å². The van der Waals surface area contributed by atoms with Crippen LogP contribution in [0.3, 0.4) is 0 Å². The van der Waals surface area contributed by atoms with Gasteiger partial charge in [0.1, 0.15) is 5.82 Å². The lowest BCUT2D eigenvalue weighted by Gasteiger charge is -2.24. The number of carbonyl (C=O) groups is 1. The number of nitrogens with two attached hydrogens (primary N) is 1. The van der Waals surface area contributed by atoms with Crippen LogP contribution in [-0.2, 0) is 0 Å². The van der Waals surface area contributed by atoms with Crippen molar-refractivity contribution in [1.82, 2.24) is 10.2 Å².